The summed E-state index contributed by atoms with van der Waals surface area (Å²) in [5, 5.41) is 7.52. The standard InChI is InChI=1S/C21H19N7O/c1-27-12-15(13-27)24-21(29)17-11-19-25-16(14-6-3-2-4-7-14)10-18(28(19)26-17)20-22-8-5-9-23-20/h2-11,15H,12-13H2,1H3,(H,24,29). The van der Waals surface area contributed by atoms with E-state index in [0.29, 0.717) is 22.9 Å². The highest BCUT2D eigenvalue weighted by atomic mass is 16.2. The molecule has 1 aromatic carbocycles. The van der Waals surface area contributed by atoms with Crippen LogP contribution in [0, 0.1) is 0 Å². The lowest BCUT2D eigenvalue weighted by Crippen LogP contribution is -2.57. The van der Waals surface area contributed by atoms with Crippen molar-refractivity contribution in [1.29, 1.82) is 0 Å². The average molecular weight is 385 g/mol. The zero-order chi connectivity index (χ0) is 19.8. The molecule has 1 saturated heterocycles. The molecule has 0 unspecified atom stereocenters. The number of amides is 1. The number of likely N-dealkylation sites (N-methyl/N-ethyl adjacent to an activating group) is 1. The van der Waals surface area contributed by atoms with Gasteiger partial charge in [-0.25, -0.2) is 19.5 Å². The Balaban J connectivity index is 1.60. The van der Waals surface area contributed by atoms with Crippen molar-refractivity contribution < 1.29 is 4.79 Å². The van der Waals surface area contributed by atoms with E-state index in [0.717, 1.165) is 24.3 Å². The molecule has 8 nitrogen and oxygen atoms in total. The molecule has 0 radical (unpaired) electrons. The quantitative estimate of drug-likeness (QED) is 0.577. The summed E-state index contributed by atoms with van der Waals surface area (Å²) in [4.78, 5) is 28.2. The largest absolute Gasteiger partial charge is 0.345 e. The van der Waals surface area contributed by atoms with Gasteiger partial charge in [0, 0.05) is 37.1 Å². The Morgan fingerprint density at radius 3 is 2.55 bits per heavy atom. The fourth-order valence-corrected chi connectivity index (χ4v) is 3.48. The lowest BCUT2D eigenvalue weighted by atomic mass is 10.1. The number of hydrogen-bond donors (Lipinski definition) is 1. The van der Waals surface area contributed by atoms with E-state index in [1.54, 1.807) is 29.0 Å². The summed E-state index contributed by atoms with van der Waals surface area (Å²) in [5.74, 6) is 0.322. The molecule has 4 heterocycles. The number of nitrogens with one attached hydrogen (secondary N) is 1. The van der Waals surface area contributed by atoms with Crippen molar-refractivity contribution in [2.75, 3.05) is 20.1 Å². The van der Waals surface area contributed by atoms with Gasteiger partial charge in [-0.2, -0.15) is 5.10 Å². The van der Waals surface area contributed by atoms with Crippen molar-refractivity contribution in [3.05, 3.63) is 66.6 Å². The summed E-state index contributed by atoms with van der Waals surface area (Å²) in [6, 6.07) is 15.4. The maximum Gasteiger partial charge on any atom is 0.272 e. The van der Waals surface area contributed by atoms with Gasteiger partial charge in [0.05, 0.1) is 11.7 Å². The second-order valence-electron chi connectivity index (χ2n) is 7.16. The normalized spacial score (nSPS) is 14.7. The van der Waals surface area contributed by atoms with E-state index in [1.165, 1.54) is 0 Å². The third-order valence-corrected chi connectivity index (χ3v) is 4.92. The molecular formula is C21H19N7O. The zero-order valence-corrected chi connectivity index (χ0v) is 15.9. The average Bonchev–Trinajstić information content (AvgIpc) is 3.17. The molecule has 5 rings (SSSR count). The fourth-order valence-electron chi connectivity index (χ4n) is 3.48. The first-order chi connectivity index (χ1) is 14.2. The second kappa shape index (κ2) is 7.06. The number of aromatic nitrogens is 5. The fraction of sp³-hybridized carbons (Fsp3) is 0.190. The predicted molar refractivity (Wildman–Crippen MR) is 108 cm³/mol. The molecule has 1 aliphatic rings. The molecule has 0 saturated carbocycles. The summed E-state index contributed by atoms with van der Waals surface area (Å²) in [5.41, 5.74) is 3.32. The smallest absolute Gasteiger partial charge is 0.272 e. The highest BCUT2D eigenvalue weighted by Crippen LogP contribution is 2.24. The Kier molecular flexibility index (Phi) is 4.25. The van der Waals surface area contributed by atoms with Crippen LogP contribution in [0.2, 0.25) is 0 Å². The summed E-state index contributed by atoms with van der Waals surface area (Å²) in [6.45, 7) is 1.69. The molecule has 144 valence electrons. The van der Waals surface area contributed by atoms with E-state index in [4.69, 9.17) is 4.98 Å². The van der Waals surface area contributed by atoms with Crippen LogP contribution < -0.4 is 5.32 Å². The molecular weight excluding hydrogens is 366 g/mol. The topological polar surface area (TPSA) is 88.3 Å². The minimum Gasteiger partial charge on any atom is -0.345 e. The van der Waals surface area contributed by atoms with Gasteiger partial charge in [0.25, 0.3) is 5.91 Å². The third-order valence-electron chi connectivity index (χ3n) is 4.92. The minimum atomic E-state index is -0.199. The number of carbonyl (C=O) groups excluding carboxylic acids is 1. The van der Waals surface area contributed by atoms with Crippen LogP contribution in [0.4, 0.5) is 0 Å². The number of benzene rings is 1. The lowest BCUT2D eigenvalue weighted by molar-refractivity contribution is 0.0852. The van der Waals surface area contributed by atoms with Gasteiger partial charge in [-0.05, 0) is 19.2 Å². The summed E-state index contributed by atoms with van der Waals surface area (Å²) in [7, 11) is 2.02. The van der Waals surface area contributed by atoms with E-state index in [9.17, 15) is 4.79 Å². The number of hydrogen-bond acceptors (Lipinski definition) is 6. The predicted octanol–water partition coefficient (Wildman–Crippen LogP) is 1.90. The van der Waals surface area contributed by atoms with Crippen molar-refractivity contribution in [3.8, 4) is 22.8 Å². The molecule has 0 atom stereocenters. The maximum atomic E-state index is 12.7. The van der Waals surface area contributed by atoms with Gasteiger partial charge in [-0.3, -0.25) is 4.79 Å². The van der Waals surface area contributed by atoms with Crippen LogP contribution in [0.5, 0.6) is 0 Å². The molecule has 1 amide bonds. The van der Waals surface area contributed by atoms with Gasteiger partial charge >= 0.3 is 0 Å². The molecule has 8 heteroatoms. The molecule has 3 aromatic heterocycles. The first kappa shape index (κ1) is 17.4. The number of fused-ring (bicyclic) bond motifs is 1. The van der Waals surface area contributed by atoms with E-state index < -0.39 is 0 Å². The minimum absolute atomic E-state index is 0.155. The second-order valence-corrected chi connectivity index (χ2v) is 7.16. The van der Waals surface area contributed by atoms with Gasteiger partial charge in [-0.15, -0.1) is 0 Å². The number of rotatable bonds is 4. The highest BCUT2D eigenvalue weighted by molar-refractivity contribution is 5.93. The Bertz CT molecular complexity index is 1170. The summed E-state index contributed by atoms with van der Waals surface area (Å²) in [6.07, 6.45) is 3.36. The van der Waals surface area contributed by atoms with Crippen LogP contribution in [0.25, 0.3) is 28.4 Å². The van der Waals surface area contributed by atoms with Crippen molar-refractivity contribution in [3.63, 3.8) is 0 Å². The van der Waals surface area contributed by atoms with Crippen molar-refractivity contribution in [2.24, 2.45) is 0 Å². The van der Waals surface area contributed by atoms with Crippen LogP contribution in [0.3, 0.4) is 0 Å². The Morgan fingerprint density at radius 1 is 1.07 bits per heavy atom. The van der Waals surface area contributed by atoms with Gasteiger partial charge in [0.1, 0.15) is 5.69 Å². The molecule has 0 bridgehead atoms. The Hall–Kier alpha value is -3.65. The maximum absolute atomic E-state index is 12.7. The zero-order valence-electron chi connectivity index (χ0n) is 15.9. The summed E-state index contributed by atoms with van der Waals surface area (Å²) >= 11 is 0. The van der Waals surface area contributed by atoms with Crippen LogP contribution in [-0.4, -0.2) is 61.6 Å². The van der Waals surface area contributed by atoms with E-state index in [2.05, 4.69) is 25.3 Å². The third kappa shape index (κ3) is 3.34. The van der Waals surface area contributed by atoms with Gasteiger partial charge in [0.15, 0.2) is 17.2 Å². The monoisotopic (exact) mass is 385 g/mol. The number of likely N-dealkylation sites (tertiary alicyclic amines) is 1. The number of nitrogens with zero attached hydrogens (tertiary/aromatic N) is 6. The SMILES string of the molecule is CN1CC(NC(=O)c2cc3nc(-c4ccccc4)cc(-c4ncccn4)n3n2)C1. The van der Waals surface area contributed by atoms with Crippen LogP contribution in [-0.2, 0) is 0 Å². The molecule has 1 fully saturated rings. The van der Waals surface area contributed by atoms with E-state index in [-0.39, 0.29) is 11.9 Å². The van der Waals surface area contributed by atoms with Crippen LogP contribution in [0.15, 0.2) is 60.9 Å². The molecule has 0 spiro atoms. The van der Waals surface area contributed by atoms with E-state index in [1.807, 2.05) is 43.4 Å². The summed E-state index contributed by atoms with van der Waals surface area (Å²) < 4.78 is 1.63. The number of carbonyl (C=O) groups is 1. The highest BCUT2D eigenvalue weighted by Gasteiger charge is 2.26. The van der Waals surface area contributed by atoms with Gasteiger partial charge in [0.2, 0.25) is 0 Å². The van der Waals surface area contributed by atoms with Crippen molar-refractivity contribution >= 4 is 11.6 Å². The molecule has 1 aliphatic heterocycles. The molecule has 4 aromatic rings. The van der Waals surface area contributed by atoms with Gasteiger partial charge in [-0.1, -0.05) is 30.3 Å². The first-order valence-corrected chi connectivity index (χ1v) is 9.40. The Morgan fingerprint density at radius 2 is 1.83 bits per heavy atom. The van der Waals surface area contributed by atoms with Crippen LogP contribution >= 0.6 is 0 Å². The van der Waals surface area contributed by atoms with Crippen molar-refractivity contribution in [1.82, 2.24) is 34.8 Å². The molecule has 1 N–H and O–H groups in total. The van der Waals surface area contributed by atoms with Crippen molar-refractivity contribution in [2.45, 2.75) is 6.04 Å². The van der Waals surface area contributed by atoms with Crippen LogP contribution in [0.1, 0.15) is 10.5 Å². The lowest BCUT2D eigenvalue weighted by Gasteiger charge is -2.36. The molecule has 0 aliphatic carbocycles. The van der Waals surface area contributed by atoms with Gasteiger partial charge < -0.3 is 10.2 Å². The Labute approximate surface area is 167 Å². The van der Waals surface area contributed by atoms with E-state index >= 15 is 0 Å². The first-order valence-electron chi connectivity index (χ1n) is 9.40. The molecule has 29 heavy (non-hydrogen) atoms.